The van der Waals surface area contributed by atoms with Crippen LogP contribution >= 0.6 is 11.6 Å². The zero-order valence-electron chi connectivity index (χ0n) is 14.3. The number of amides is 1. The number of carbonyl (C=O) groups is 2. The molecule has 0 fully saturated rings. The third-order valence-corrected chi connectivity index (χ3v) is 3.71. The first kappa shape index (κ1) is 19.5. The summed E-state index contributed by atoms with van der Waals surface area (Å²) in [6, 6.07) is 7.97. The van der Waals surface area contributed by atoms with Crippen molar-refractivity contribution in [3.05, 3.63) is 52.8 Å². The Labute approximate surface area is 154 Å². The molecule has 0 radical (unpaired) electrons. The van der Waals surface area contributed by atoms with Gasteiger partial charge in [-0.3, -0.25) is 4.79 Å². The zero-order chi connectivity index (χ0) is 19.3. The van der Waals surface area contributed by atoms with E-state index < -0.39 is 23.8 Å². The number of methoxy groups -OCH3 is 2. The maximum atomic E-state index is 12.9. The summed E-state index contributed by atoms with van der Waals surface area (Å²) < 4.78 is 28.2. The first-order chi connectivity index (χ1) is 12.3. The van der Waals surface area contributed by atoms with Crippen LogP contribution in [0.5, 0.6) is 11.5 Å². The van der Waals surface area contributed by atoms with Crippen LogP contribution in [0.3, 0.4) is 0 Å². The Morgan fingerprint density at radius 1 is 1.12 bits per heavy atom. The molecular formula is C18H17ClFNO5. The van der Waals surface area contributed by atoms with Gasteiger partial charge in [-0.1, -0.05) is 11.6 Å². The smallest absolute Gasteiger partial charge is 0.339 e. The van der Waals surface area contributed by atoms with Crippen LogP contribution in [0.2, 0.25) is 5.02 Å². The number of hydrogen-bond acceptors (Lipinski definition) is 5. The van der Waals surface area contributed by atoms with Gasteiger partial charge in [-0.15, -0.1) is 0 Å². The molecule has 0 unspecified atom stereocenters. The van der Waals surface area contributed by atoms with Crippen molar-refractivity contribution in [2.24, 2.45) is 0 Å². The number of nitrogens with one attached hydrogen (secondary N) is 1. The van der Waals surface area contributed by atoms with Gasteiger partial charge < -0.3 is 19.5 Å². The predicted octanol–water partition coefficient (Wildman–Crippen LogP) is 3.68. The van der Waals surface area contributed by atoms with Crippen molar-refractivity contribution in [1.82, 2.24) is 0 Å². The molecule has 0 aliphatic heterocycles. The fourth-order valence-electron chi connectivity index (χ4n) is 2.10. The molecule has 2 rings (SSSR count). The van der Waals surface area contributed by atoms with Crippen LogP contribution in [0.15, 0.2) is 36.4 Å². The van der Waals surface area contributed by atoms with E-state index in [9.17, 15) is 14.0 Å². The molecule has 26 heavy (non-hydrogen) atoms. The Bertz CT molecular complexity index is 810. The maximum Gasteiger partial charge on any atom is 0.339 e. The topological polar surface area (TPSA) is 73.9 Å². The van der Waals surface area contributed by atoms with E-state index in [4.69, 9.17) is 25.8 Å². The Balaban J connectivity index is 2.07. The molecule has 1 amide bonds. The van der Waals surface area contributed by atoms with Crippen molar-refractivity contribution >= 4 is 29.2 Å². The third kappa shape index (κ3) is 4.64. The molecule has 0 aromatic heterocycles. The molecule has 0 saturated heterocycles. The molecule has 0 bridgehead atoms. The quantitative estimate of drug-likeness (QED) is 0.773. The molecule has 8 heteroatoms. The van der Waals surface area contributed by atoms with E-state index in [1.165, 1.54) is 57.5 Å². The minimum atomic E-state index is -1.08. The molecule has 6 nitrogen and oxygen atoms in total. The lowest BCUT2D eigenvalue weighted by Crippen LogP contribution is -2.30. The summed E-state index contributed by atoms with van der Waals surface area (Å²) in [5.41, 5.74) is 0.488. The van der Waals surface area contributed by atoms with E-state index in [-0.39, 0.29) is 22.1 Å². The van der Waals surface area contributed by atoms with Crippen LogP contribution in [0.4, 0.5) is 10.1 Å². The van der Waals surface area contributed by atoms with Crippen molar-refractivity contribution in [2.75, 3.05) is 19.5 Å². The van der Waals surface area contributed by atoms with Gasteiger partial charge in [-0.05, 0) is 43.3 Å². The van der Waals surface area contributed by atoms with E-state index in [0.29, 0.717) is 5.69 Å². The van der Waals surface area contributed by atoms with Crippen LogP contribution in [0, 0.1) is 5.82 Å². The predicted molar refractivity (Wildman–Crippen MR) is 94.5 cm³/mol. The van der Waals surface area contributed by atoms with Crippen LogP contribution in [0.1, 0.15) is 17.3 Å². The Kier molecular flexibility index (Phi) is 6.41. The highest BCUT2D eigenvalue weighted by Crippen LogP contribution is 2.36. The molecule has 0 heterocycles. The monoisotopic (exact) mass is 381 g/mol. The Morgan fingerprint density at radius 3 is 2.35 bits per heavy atom. The number of ether oxygens (including phenoxy) is 3. The van der Waals surface area contributed by atoms with Crippen molar-refractivity contribution in [3.8, 4) is 11.5 Å². The van der Waals surface area contributed by atoms with E-state index in [1.54, 1.807) is 0 Å². The molecule has 0 saturated carbocycles. The first-order valence-corrected chi connectivity index (χ1v) is 7.92. The summed E-state index contributed by atoms with van der Waals surface area (Å²) >= 11 is 6.05. The molecule has 1 N–H and O–H groups in total. The number of esters is 1. The normalized spacial score (nSPS) is 11.4. The van der Waals surface area contributed by atoms with E-state index in [0.717, 1.165) is 0 Å². The molecule has 2 aromatic carbocycles. The van der Waals surface area contributed by atoms with Gasteiger partial charge in [0.05, 0.1) is 24.8 Å². The van der Waals surface area contributed by atoms with Crippen molar-refractivity contribution < 1.29 is 28.2 Å². The average molecular weight is 382 g/mol. The van der Waals surface area contributed by atoms with Gasteiger partial charge in [0.2, 0.25) is 0 Å². The fourth-order valence-corrected chi connectivity index (χ4v) is 2.38. The molecule has 138 valence electrons. The van der Waals surface area contributed by atoms with Gasteiger partial charge in [-0.2, -0.15) is 0 Å². The van der Waals surface area contributed by atoms with E-state index >= 15 is 0 Å². The minimum Gasteiger partial charge on any atom is -0.493 e. The van der Waals surface area contributed by atoms with Crippen LogP contribution in [-0.4, -0.2) is 32.2 Å². The first-order valence-electron chi connectivity index (χ1n) is 7.54. The number of hydrogen-bond donors (Lipinski definition) is 1. The third-order valence-electron chi connectivity index (χ3n) is 3.43. The molecule has 0 aliphatic carbocycles. The van der Waals surface area contributed by atoms with E-state index in [1.807, 2.05) is 0 Å². The lowest BCUT2D eigenvalue weighted by Gasteiger charge is -2.15. The Hall–Kier alpha value is -2.80. The van der Waals surface area contributed by atoms with Gasteiger partial charge in [0, 0.05) is 5.69 Å². The SMILES string of the molecule is COc1cc(C(=O)O[C@@H](C)C(=O)Nc2ccc(F)cc2)cc(Cl)c1OC. The van der Waals surface area contributed by atoms with Crippen molar-refractivity contribution in [1.29, 1.82) is 0 Å². The highest BCUT2D eigenvalue weighted by atomic mass is 35.5. The number of anilines is 1. The summed E-state index contributed by atoms with van der Waals surface area (Å²) in [4.78, 5) is 24.4. The highest BCUT2D eigenvalue weighted by Gasteiger charge is 2.21. The number of benzene rings is 2. The lowest BCUT2D eigenvalue weighted by atomic mass is 10.2. The zero-order valence-corrected chi connectivity index (χ0v) is 15.1. The van der Waals surface area contributed by atoms with E-state index in [2.05, 4.69) is 5.32 Å². The second-order valence-electron chi connectivity index (χ2n) is 5.24. The van der Waals surface area contributed by atoms with Gasteiger partial charge in [-0.25, -0.2) is 9.18 Å². The van der Waals surface area contributed by atoms with Crippen molar-refractivity contribution in [2.45, 2.75) is 13.0 Å². The number of rotatable bonds is 6. The molecule has 0 aliphatic rings. The summed E-state index contributed by atoms with van der Waals surface area (Å²) in [5.74, 6) is -1.19. The summed E-state index contributed by atoms with van der Waals surface area (Å²) in [7, 11) is 2.83. The molecule has 1 atom stereocenters. The van der Waals surface area contributed by atoms with Gasteiger partial charge >= 0.3 is 5.97 Å². The molecule has 0 spiro atoms. The average Bonchev–Trinajstić information content (AvgIpc) is 2.62. The summed E-state index contributed by atoms with van der Waals surface area (Å²) in [6.45, 7) is 1.42. The largest absolute Gasteiger partial charge is 0.493 e. The fraction of sp³-hybridized carbons (Fsp3) is 0.222. The van der Waals surface area contributed by atoms with Gasteiger partial charge in [0.15, 0.2) is 17.6 Å². The number of carbonyl (C=O) groups excluding carboxylic acids is 2. The maximum absolute atomic E-state index is 12.9. The summed E-state index contributed by atoms with van der Waals surface area (Å²) in [5, 5.41) is 2.69. The van der Waals surface area contributed by atoms with Gasteiger partial charge in [0.25, 0.3) is 5.91 Å². The standard InChI is InChI=1S/C18H17ClFNO5/c1-10(17(22)21-13-6-4-12(20)5-7-13)26-18(23)11-8-14(19)16(25-3)15(9-11)24-2/h4-10H,1-3H3,(H,21,22)/t10-/m0/s1. The molecular weight excluding hydrogens is 365 g/mol. The second kappa shape index (κ2) is 8.53. The van der Waals surface area contributed by atoms with Crippen molar-refractivity contribution in [3.63, 3.8) is 0 Å². The second-order valence-corrected chi connectivity index (χ2v) is 5.64. The molecule has 2 aromatic rings. The lowest BCUT2D eigenvalue weighted by molar-refractivity contribution is -0.123. The minimum absolute atomic E-state index is 0.106. The summed E-state index contributed by atoms with van der Waals surface area (Å²) in [6.07, 6.45) is -1.08. The van der Waals surface area contributed by atoms with Crippen LogP contribution < -0.4 is 14.8 Å². The number of halogens is 2. The Morgan fingerprint density at radius 2 is 1.77 bits per heavy atom. The van der Waals surface area contributed by atoms with Crippen LogP contribution in [-0.2, 0) is 9.53 Å². The highest BCUT2D eigenvalue weighted by molar-refractivity contribution is 6.32. The van der Waals surface area contributed by atoms with Gasteiger partial charge in [0.1, 0.15) is 5.82 Å². The van der Waals surface area contributed by atoms with Crippen LogP contribution in [0.25, 0.3) is 0 Å².